The fraction of sp³-hybridized carbons (Fsp3) is 0.737. The Balaban J connectivity index is 0.00000338. The van der Waals surface area contributed by atoms with E-state index in [1.54, 1.807) is 0 Å². The molecule has 0 spiro atoms. The third kappa shape index (κ3) is 7.60. The first kappa shape index (κ1) is 23.5. The van der Waals surface area contributed by atoms with Crippen molar-refractivity contribution in [1.82, 2.24) is 10.2 Å². The van der Waals surface area contributed by atoms with Crippen LogP contribution in [0.25, 0.3) is 0 Å². The molecule has 150 valence electrons. The van der Waals surface area contributed by atoms with E-state index >= 15 is 0 Å². The van der Waals surface area contributed by atoms with Crippen molar-refractivity contribution in [3.8, 4) is 0 Å². The maximum Gasteiger partial charge on any atom is 0.194 e. The number of guanidine groups is 1. The maximum absolute atomic E-state index is 9.31. The van der Waals surface area contributed by atoms with Crippen LogP contribution in [0, 0.1) is 11.8 Å². The molecule has 0 bridgehead atoms. The summed E-state index contributed by atoms with van der Waals surface area (Å²) >= 11 is 1.81. The molecule has 2 rings (SSSR count). The van der Waals surface area contributed by atoms with Gasteiger partial charge in [-0.2, -0.15) is 0 Å². The Labute approximate surface area is 179 Å². The highest BCUT2D eigenvalue weighted by Crippen LogP contribution is 2.22. The molecule has 0 radical (unpaired) electrons. The van der Waals surface area contributed by atoms with Crippen molar-refractivity contribution in [3.63, 3.8) is 0 Å². The van der Waals surface area contributed by atoms with Crippen molar-refractivity contribution >= 4 is 46.3 Å². The molecule has 7 heteroatoms. The fourth-order valence-corrected chi connectivity index (χ4v) is 4.15. The van der Waals surface area contributed by atoms with E-state index in [-0.39, 0.29) is 30.6 Å². The van der Waals surface area contributed by atoms with E-state index in [0.717, 1.165) is 58.1 Å². The van der Waals surface area contributed by atoms with E-state index in [0.29, 0.717) is 11.8 Å². The molecule has 2 heterocycles. The summed E-state index contributed by atoms with van der Waals surface area (Å²) < 4.78 is 0. The van der Waals surface area contributed by atoms with Gasteiger partial charge in [-0.05, 0) is 49.1 Å². The van der Waals surface area contributed by atoms with Crippen molar-refractivity contribution in [1.29, 1.82) is 0 Å². The van der Waals surface area contributed by atoms with Gasteiger partial charge >= 0.3 is 0 Å². The molecular weight excluding hydrogens is 459 g/mol. The summed E-state index contributed by atoms with van der Waals surface area (Å²) in [7, 11) is 0. The second-order valence-corrected chi connectivity index (χ2v) is 8.05. The second-order valence-electron chi connectivity index (χ2n) is 7.13. The van der Waals surface area contributed by atoms with Gasteiger partial charge in [-0.25, -0.2) is 0 Å². The molecule has 5 nitrogen and oxygen atoms in total. The van der Waals surface area contributed by atoms with Crippen molar-refractivity contribution in [2.45, 2.75) is 33.6 Å². The van der Waals surface area contributed by atoms with Crippen LogP contribution in [0.3, 0.4) is 0 Å². The Hall–Kier alpha value is -0.540. The van der Waals surface area contributed by atoms with Crippen molar-refractivity contribution in [2.24, 2.45) is 16.8 Å². The molecular formula is C19H35IN4OS. The van der Waals surface area contributed by atoms with Crippen LogP contribution in [-0.2, 0) is 0 Å². The number of thiophene rings is 1. The number of nitrogens with one attached hydrogen (secondary N) is 1. The zero-order valence-corrected chi connectivity index (χ0v) is 19.5. The summed E-state index contributed by atoms with van der Waals surface area (Å²) in [4.78, 5) is 9.73. The number of hydrogen-bond donors (Lipinski definition) is 2. The van der Waals surface area contributed by atoms with Gasteiger partial charge in [-0.15, -0.1) is 35.3 Å². The quantitative estimate of drug-likeness (QED) is 0.330. The van der Waals surface area contributed by atoms with Crippen LogP contribution < -0.4 is 10.2 Å². The SMILES string of the molecule is CCNC(=NCC(CCO)CC(C)C)N1CCN(c2cccs2)CC1.I. The van der Waals surface area contributed by atoms with Crippen LogP contribution in [0.4, 0.5) is 5.00 Å². The van der Waals surface area contributed by atoms with Gasteiger partial charge in [0.25, 0.3) is 0 Å². The summed E-state index contributed by atoms with van der Waals surface area (Å²) in [6.07, 6.45) is 1.96. The van der Waals surface area contributed by atoms with E-state index in [2.05, 4.69) is 53.4 Å². The lowest BCUT2D eigenvalue weighted by Crippen LogP contribution is -2.52. The number of halogens is 1. The Bertz CT molecular complexity index is 502. The first-order chi connectivity index (χ1) is 12.1. The molecule has 1 unspecified atom stereocenters. The molecule has 1 aliphatic rings. The highest BCUT2D eigenvalue weighted by molar-refractivity contribution is 14.0. The summed E-state index contributed by atoms with van der Waals surface area (Å²) in [5.41, 5.74) is 0. The predicted molar refractivity (Wildman–Crippen MR) is 124 cm³/mol. The molecule has 2 N–H and O–H groups in total. The molecule has 0 aromatic carbocycles. The number of nitrogens with zero attached hydrogens (tertiary/aromatic N) is 3. The van der Waals surface area contributed by atoms with Gasteiger partial charge in [0.05, 0.1) is 5.00 Å². The Morgan fingerprint density at radius 1 is 1.31 bits per heavy atom. The lowest BCUT2D eigenvalue weighted by atomic mass is 9.94. The summed E-state index contributed by atoms with van der Waals surface area (Å²) in [6.45, 7) is 12.6. The highest BCUT2D eigenvalue weighted by atomic mass is 127. The Morgan fingerprint density at radius 2 is 2.04 bits per heavy atom. The van der Waals surface area contributed by atoms with Crippen molar-refractivity contribution in [2.75, 3.05) is 50.8 Å². The number of hydrogen-bond acceptors (Lipinski definition) is 4. The van der Waals surface area contributed by atoms with Gasteiger partial charge in [-0.3, -0.25) is 4.99 Å². The zero-order chi connectivity index (χ0) is 18.1. The molecule has 26 heavy (non-hydrogen) atoms. The lowest BCUT2D eigenvalue weighted by Gasteiger charge is -2.37. The van der Waals surface area contributed by atoms with E-state index in [1.165, 1.54) is 5.00 Å². The van der Waals surface area contributed by atoms with Crippen LogP contribution in [-0.4, -0.2) is 61.8 Å². The van der Waals surface area contributed by atoms with Gasteiger partial charge in [0.1, 0.15) is 0 Å². The number of aliphatic hydroxyl groups is 1. The van der Waals surface area contributed by atoms with Gasteiger partial charge in [0.15, 0.2) is 5.96 Å². The minimum atomic E-state index is 0. The average molecular weight is 494 g/mol. The molecule has 1 aliphatic heterocycles. The molecule has 1 atom stereocenters. The van der Waals surface area contributed by atoms with E-state index in [4.69, 9.17) is 4.99 Å². The first-order valence-electron chi connectivity index (χ1n) is 9.56. The third-order valence-corrected chi connectivity index (χ3v) is 5.50. The minimum absolute atomic E-state index is 0. The van der Waals surface area contributed by atoms with E-state index in [1.807, 2.05) is 11.3 Å². The fourth-order valence-electron chi connectivity index (χ4n) is 3.36. The monoisotopic (exact) mass is 494 g/mol. The van der Waals surface area contributed by atoms with Gasteiger partial charge in [0.2, 0.25) is 0 Å². The smallest absolute Gasteiger partial charge is 0.194 e. The van der Waals surface area contributed by atoms with Crippen LogP contribution in [0.2, 0.25) is 0 Å². The minimum Gasteiger partial charge on any atom is -0.396 e. The normalized spacial score (nSPS) is 16.6. The molecule has 1 saturated heterocycles. The highest BCUT2D eigenvalue weighted by Gasteiger charge is 2.20. The van der Waals surface area contributed by atoms with Crippen LogP contribution in [0.1, 0.15) is 33.6 Å². The van der Waals surface area contributed by atoms with Crippen LogP contribution in [0.5, 0.6) is 0 Å². The molecule has 1 aromatic heterocycles. The summed E-state index contributed by atoms with van der Waals surface area (Å²) in [6, 6.07) is 4.32. The largest absolute Gasteiger partial charge is 0.396 e. The van der Waals surface area contributed by atoms with Crippen molar-refractivity contribution < 1.29 is 5.11 Å². The maximum atomic E-state index is 9.31. The van der Waals surface area contributed by atoms with E-state index in [9.17, 15) is 5.11 Å². The number of anilines is 1. The van der Waals surface area contributed by atoms with Crippen LogP contribution in [0.15, 0.2) is 22.5 Å². The average Bonchev–Trinajstić information content (AvgIpc) is 3.13. The molecule has 0 amide bonds. The number of piperazine rings is 1. The van der Waals surface area contributed by atoms with E-state index < -0.39 is 0 Å². The number of aliphatic hydroxyl groups excluding tert-OH is 1. The first-order valence-corrected chi connectivity index (χ1v) is 10.4. The summed E-state index contributed by atoms with van der Waals surface area (Å²) in [5, 5.41) is 16.3. The van der Waals surface area contributed by atoms with Gasteiger partial charge < -0.3 is 20.2 Å². The number of rotatable bonds is 8. The molecule has 1 aromatic rings. The zero-order valence-electron chi connectivity index (χ0n) is 16.4. The Morgan fingerprint density at radius 3 is 2.58 bits per heavy atom. The molecule has 0 aliphatic carbocycles. The molecule has 1 fully saturated rings. The van der Waals surface area contributed by atoms with Gasteiger partial charge in [0, 0.05) is 45.9 Å². The Kier molecular flexibility index (Phi) is 11.5. The third-order valence-electron chi connectivity index (χ3n) is 4.57. The second kappa shape index (κ2) is 12.8. The lowest BCUT2D eigenvalue weighted by molar-refractivity contribution is 0.245. The molecule has 0 saturated carbocycles. The predicted octanol–water partition coefficient (Wildman–Crippen LogP) is 3.50. The topological polar surface area (TPSA) is 51.1 Å². The standard InChI is InChI=1S/C19H34N4OS.HI/c1-4-20-19(21-15-17(7-12-24)14-16(2)3)23-10-8-22(9-11-23)18-6-5-13-25-18;/h5-6,13,16-17,24H,4,7-12,14-15H2,1-3H3,(H,20,21);1H. The summed E-state index contributed by atoms with van der Waals surface area (Å²) in [5.74, 6) is 2.13. The van der Waals surface area contributed by atoms with Gasteiger partial charge in [-0.1, -0.05) is 13.8 Å². The number of aliphatic imine (C=N–C) groups is 1. The van der Waals surface area contributed by atoms with Crippen LogP contribution >= 0.6 is 35.3 Å². The van der Waals surface area contributed by atoms with Crippen molar-refractivity contribution in [3.05, 3.63) is 17.5 Å².